The van der Waals surface area contributed by atoms with Crippen molar-refractivity contribution in [1.29, 1.82) is 0 Å². The number of nitrogens with one attached hydrogen (secondary N) is 1. The molecule has 12 heteroatoms. The Hall–Kier alpha value is -3.32. The lowest BCUT2D eigenvalue weighted by Gasteiger charge is -2.46. The third-order valence-electron chi connectivity index (χ3n) is 9.59. The number of aromatic nitrogens is 4. The maximum Gasteiger partial charge on any atom is 0.224 e. The van der Waals surface area contributed by atoms with Crippen LogP contribution in [0.15, 0.2) is 30.9 Å². The number of imidazole rings is 1. The zero-order chi connectivity index (χ0) is 32.3. The van der Waals surface area contributed by atoms with Crippen LogP contribution >= 0.6 is 0 Å². The Labute approximate surface area is 265 Å². The number of carbonyl (C=O) groups is 1. The second kappa shape index (κ2) is 11.5. The highest BCUT2D eigenvalue weighted by molar-refractivity contribution is 5.93. The van der Waals surface area contributed by atoms with Crippen molar-refractivity contribution in [3.63, 3.8) is 0 Å². The molecule has 2 saturated heterocycles. The zero-order valence-electron chi connectivity index (χ0n) is 27.5. The number of benzene rings is 1. The molecule has 6 rings (SSSR count). The molecule has 0 bridgehead atoms. The van der Waals surface area contributed by atoms with Gasteiger partial charge in [0.05, 0.1) is 24.3 Å². The van der Waals surface area contributed by atoms with Gasteiger partial charge in [-0.2, -0.15) is 0 Å². The quantitative estimate of drug-likeness (QED) is 0.293. The molecule has 1 amide bonds. The normalized spacial score (nSPS) is 27.7. The summed E-state index contributed by atoms with van der Waals surface area (Å²) < 4.78 is 21.4. The highest BCUT2D eigenvalue weighted by Gasteiger charge is 2.63. The first-order valence-electron chi connectivity index (χ1n) is 16.1. The average Bonchev–Trinajstić information content (AvgIpc) is 3.58. The number of hydrogen-bond donors (Lipinski definition) is 3. The van der Waals surface area contributed by atoms with E-state index in [-0.39, 0.29) is 23.5 Å². The molecule has 2 aliphatic heterocycles. The fraction of sp³-hybridized carbons (Fsp3) is 0.636. The summed E-state index contributed by atoms with van der Waals surface area (Å²) in [6, 6.07) is 6.62. The van der Waals surface area contributed by atoms with Crippen molar-refractivity contribution in [3.8, 4) is 0 Å². The Morgan fingerprint density at radius 2 is 1.93 bits per heavy atom. The van der Waals surface area contributed by atoms with Crippen molar-refractivity contribution in [2.24, 2.45) is 5.92 Å². The van der Waals surface area contributed by atoms with E-state index < -0.39 is 11.5 Å². The molecule has 3 atom stereocenters. The first-order valence-corrected chi connectivity index (χ1v) is 16.1. The Balaban J connectivity index is 1.06. The molecule has 0 spiro atoms. The summed E-state index contributed by atoms with van der Waals surface area (Å²) in [5, 5.41) is 3.01. The lowest BCUT2D eigenvalue weighted by Crippen LogP contribution is -2.53. The van der Waals surface area contributed by atoms with Gasteiger partial charge in [0.1, 0.15) is 24.1 Å². The minimum atomic E-state index is -0.918. The first kappa shape index (κ1) is 31.7. The molecule has 2 aromatic heterocycles. The van der Waals surface area contributed by atoms with E-state index in [4.69, 9.17) is 25.7 Å². The minimum absolute atomic E-state index is 0.00216. The fourth-order valence-electron chi connectivity index (χ4n) is 7.12. The van der Waals surface area contributed by atoms with E-state index in [9.17, 15) is 4.79 Å². The Kier molecular flexibility index (Phi) is 8.08. The molecular formula is C33H48N8O4. The van der Waals surface area contributed by atoms with Crippen LogP contribution in [0.25, 0.3) is 11.2 Å². The maximum atomic E-state index is 12.8. The smallest absolute Gasteiger partial charge is 0.224 e. The predicted molar refractivity (Wildman–Crippen MR) is 173 cm³/mol. The van der Waals surface area contributed by atoms with Gasteiger partial charge in [-0.3, -0.25) is 14.3 Å². The number of fused-ring (bicyclic) bond motifs is 2. The minimum Gasteiger partial charge on any atom is -0.397 e. The molecule has 45 heavy (non-hydrogen) atoms. The van der Waals surface area contributed by atoms with Gasteiger partial charge < -0.3 is 31.0 Å². The van der Waals surface area contributed by atoms with E-state index in [1.807, 2.05) is 36.6 Å². The van der Waals surface area contributed by atoms with Gasteiger partial charge in [-0.1, -0.05) is 26.8 Å². The molecule has 1 saturated carbocycles. The van der Waals surface area contributed by atoms with Gasteiger partial charge in [0.2, 0.25) is 11.6 Å². The van der Waals surface area contributed by atoms with Crippen molar-refractivity contribution in [1.82, 2.24) is 24.4 Å². The average molecular weight is 621 g/mol. The van der Waals surface area contributed by atoms with Crippen LogP contribution in [0.4, 0.5) is 17.2 Å². The summed E-state index contributed by atoms with van der Waals surface area (Å²) in [6.45, 7) is 15.7. The number of nitrogen functional groups attached to an aromatic ring is 2. The summed E-state index contributed by atoms with van der Waals surface area (Å²) in [5.74, 6) is 0.0115. The number of amides is 1. The van der Waals surface area contributed by atoms with Gasteiger partial charge in [0.25, 0.3) is 0 Å². The Morgan fingerprint density at radius 1 is 1.18 bits per heavy atom. The van der Waals surface area contributed by atoms with Crippen LogP contribution < -0.4 is 16.8 Å². The molecule has 5 N–H and O–H groups in total. The summed E-state index contributed by atoms with van der Waals surface area (Å²) >= 11 is 0. The number of ether oxygens (including phenoxy) is 3. The van der Waals surface area contributed by atoms with Crippen LogP contribution in [0.5, 0.6) is 0 Å². The molecule has 0 unspecified atom stereocenters. The van der Waals surface area contributed by atoms with Crippen molar-refractivity contribution in [3.05, 3.63) is 36.4 Å². The highest BCUT2D eigenvalue weighted by Crippen LogP contribution is 2.48. The fourth-order valence-corrected chi connectivity index (χ4v) is 7.12. The molecule has 3 fully saturated rings. The summed E-state index contributed by atoms with van der Waals surface area (Å²) in [6.07, 6.45) is 5.96. The van der Waals surface area contributed by atoms with E-state index in [2.05, 4.69) is 59.8 Å². The third-order valence-corrected chi connectivity index (χ3v) is 9.59. The van der Waals surface area contributed by atoms with Gasteiger partial charge in [0, 0.05) is 25.0 Å². The summed E-state index contributed by atoms with van der Waals surface area (Å²) in [7, 11) is 0. The van der Waals surface area contributed by atoms with Crippen molar-refractivity contribution in [2.75, 3.05) is 29.9 Å². The first-order chi connectivity index (χ1) is 21.2. The van der Waals surface area contributed by atoms with Crippen molar-refractivity contribution >= 4 is 34.3 Å². The van der Waals surface area contributed by atoms with Gasteiger partial charge in [-0.25, -0.2) is 15.0 Å². The van der Waals surface area contributed by atoms with E-state index in [0.29, 0.717) is 65.9 Å². The highest BCUT2D eigenvalue weighted by atomic mass is 16.8. The number of anilines is 3. The second-order valence-corrected chi connectivity index (χ2v) is 14.7. The third kappa shape index (κ3) is 6.00. The SMILES string of the molecule is CC(C)N(C[C@H]1OC[C@@]2(n3cnc4c(N)ncnc43)OC(C)(C)O[C@H]12)[C@H]1C[C@@H](CCC(=O)Nc2ccc(C(C)(C)C)cc2N)C1. The van der Waals surface area contributed by atoms with Crippen LogP contribution in [-0.2, 0) is 30.1 Å². The molecule has 4 heterocycles. The van der Waals surface area contributed by atoms with Gasteiger partial charge in [0.15, 0.2) is 17.3 Å². The van der Waals surface area contributed by atoms with E-state index in [1.165, 1.54) is 6.33 Å². The summed E-state index contributed by atoms with van der Waals surface area (Å²) in [4.78, 5) is 28.3. The second-order valence-electron chi connectivity index (χ2n) is 14.7. The molecule has 1 aromatic carbocycles. The molecule has 3 aromatic rings. The van der Waals surface area contributed by atoms with Crippen LogP contribution in [-0.4, -0.2) is 73.6 Å². The standard InChI is InChI=1S/C33H48N8O4/c1-19(2)40(22-12-20(13-22)8-11-26(42)39-24-10-9-21(14-23(24)34)31(3,4)5)15-25-28-33(16-43-25,45-32(6,7)44-28)41-18-38-27-29(35)36-17-37-30(27)41/h9-10,14,17-20,22,25,28H,8,11-13,15-16,34H2,1-7H3,(H,39,42)(H2,35,36,37)/t20-,22+,25-,28-,33-/m1/s1. The van der Waals surface area contributed by atoms with Gasteiger partial charge in [-0.15, -0.1) is 0 Å². The van der Waals surface area contributed by atoms with Crippen LogP contribution in [0, 0.1) is 5.92 Å². The predicted octanol–water partition coefficient (Wildman–Crippen LogP) is 4.40. The lowest BCUT2D eigenvalue weighted by atomic mass is 9.76. The number of carbonyl (C=O) groups excluding carboxylic acids is 1. The van der Waals surface area contributed by atoms with Gasteiger partial charge in [-0.05, 0) is 76.0 Å². The van der Waals surface area contributed by atoms with E-state index in [1.54, 1.807) is 6.33 Å². The molecule has 0 radical (unpaired) electrons. The van der Waals surface area contributed by atoms with E-state index >= 15 is 0 Å². The number of rotatable bonds is 9. The Bertz CT molecular complexity index is 1560. The monoisotopic (exact) mass is 620 g/mol. The van der Waals surface area contributed by atoms with Gasteiger partial charge >= 0.3 is 0 Å². The maximum absolute atomic E-state index is 12.8. The Morgan fingerprint density at radius 3 is 2.62 bits per heavy atom. The van der Waals surface area contributed by atoms with Crippen LogP contribution in [0.3, 0.4) is 0 Å². The molecule has 244 valence electrons. The topological polar surface area (TPSA) is 156 Å². The van der Waals surface area contributed by atoms with Crippen molar-refractivity contribution in [2.45, 2.75) is 115 Å². The molecule has 1 aliphatic carbocycles. The molecule has 12 nitrogen and oxygen atoms in total. The lowest BCUT2D eigenvalue weighted by molar-refractivity contribution is -0.206. The largest absolute Gasteiger partial charge is 0.397 e. The van der Waals surface area contributed by atoms with Crippen LogP contribution in [0.2, 0.25) is 0 Å². The molecule has 3 aliphatic rings. The number of hydrogen-bond acceptors (Lipinski definition) is 10. The molecular weight excluding hydrogens is 572 g/mol. The van der Waals surface area contributed by atoms with Crippen molar-refractivity contribution < 1.29 is 19.0 Å². The summed E-state index contributed by atoms with van der Waals surface area (Å²) in [5.41, 5.74) is 15.0. The number of nitrogens with two attached hydrogens (primary N) is 2. The zero-order valence-corrected chi connectivity index (χ0v) is 27.5. The van der Waals surface area contributed by atoms with E-state index in [0.717, 1.165) is 24.8 Å². The van der Waals surface area contributed by atoms with Crippen LogP contribution in [0.1, 0.15) is 79.7 Å². The number of nitrogens with zero attached hydrogens (tertiary/aromatic N) is 5.